The van der Waals surface area contributed by atoms with E-state index in [0.717, 1.165) is 11.3 Å². The first-order chi connectivity index (χ1) is 15.0. The zero-order valence-electron chi connectivity index (χ0n) is 17.9. The molecule has 158 valence electrons. The van der Waals surface area contributed by atoms with Crippen molar-refractivity contribution in [2.45, 2.75) is 13.8 Å². The predicted octanol–water partition coefficient (Wildman–Crippen LogP) is 4.55. The molecule has 0 aliphatic heterocycles. The van der Waals surface area contributed by atoms with Crippen molar-refractivity contribution >= 4 is 11.6 Å². The Hall–Kier alpha value is -4.00. The number of methoxy groups -OCH3 is 2. The number of carbonyl (C=O) groups excluding carboxylic acids is 1. The lowest BCUT2D eigenvalue weighted by atomic mass is 10.2. The third-order valence-corrected chi connectivity index (χ3v) is 5.02. The molecule has 0 fully saturated rings. The number of aryl methyl sites for hydroxylation is 2. The summed E-state index contributed by atoms with van der Waals surface area (Å²) in [5.74, 6) is 1.55. The molecular weight excluding hydrogens is 392 g/mol. The first kappa shape index (κ1) is 20.3. The summed E-state index contributed by atoms with van der Waals surface area (Å²) in [4.78, 5) is 13.4. The van der Waals surface area contributed by atoms with E-state index >= 15 is 0 Å². The highest BCUT2D eigenvalue weighted by molar-refractivity contribution is 6.08. The molecule has 0 saturated carbocycles. The van der Waals surface area contributed by atoms with Gasteiger partial charge in [-0.3, -0.25) is 4.79 Å². The summed E-state index contributed by atoms with van der Waals surface area (Å²) >= 11 is 0. The van der Waals surface area contributed by atoms with E-state index in [1.807, 2.05) is 67.2 Å². The number of benzene rings is 2. The molecular formula is C24H24N4O3. The van der Waals surface area contributed by atoms with Crippen molar-refractivity contribution in [2.24, 2.45) is 0 Å². The van der Waals surface area contributed by atoms with Gasteiger partial charge < -0.3 is 19.4 Å². The molecule has 0 saturated heterocycles. The molecule has 0 aliphatic rings. The standard InChI is InChI=1S/C24H24N4O3/c1-16-8-7-9-18(14-16)28-24(27-12-5-6-13-27)22(17(2)26-28)23(29)25-20-11-10-19(30-3)15-21(20)31-4/h5-15H,1-4H3,(H,25,29). The lowest BCUT2D eigenvalue weighted by molar-refractivity contribution is 0.102. The highest BCUT2D eigenvalue weighted by Gasteiger charge is 2.24. The van der Waals surface area contributed by atoms with Gasteiger partial charge in [0, 0.05) is 18.5 Å². The fourth-order valence-corrected chi connectivity index (χ4v) is 3.52. The maximum Gasteiger partial charge on any atom is 0.261 e. The van der Waals surface area contributed by atoms with E-state index < -0.39 is 0 Å². The Morgan fingerprint density at radius 3 is 2.42 bits per heavy atom. The van der Waals surface area contributed by atoms with Crippen LogP contribution in [0.15, 0.2) is 67.0 Å². The minimum absolute atomic E-state index is 0.274. The number of carbonyl (C=O) groups is 1. The number of hydrogen-bond donors (Lipinski definition) is 1. The Bertz CT molecular complexity index is 1230. The highest BCUT2D eigenvalue weighted by atomic mass is 16.5. The highest BCUT2D eigenvalue weighted by Crippen LogP contribution is 2.31. The van der Waals surface area contributed by atoms with Gasteiger partial charge in [0.15, 0.2) is 5.82 Å². The molecule has 1 N–H and O–H groups in total. The van der Waals surface area contributed by atoms with Gasteiger partial charge in [0.1, 0.15) is 17.1 Å². The molecule has 0 spiro atoms. The van der Waals surface area contributed by atoms with Gasteiger partial charge in [-0.2, -0.15) is 5.10 Å². The second kappa shape index (κ2) is 8.39. The third-order valence-electron chi connectivity index (χ3n) is 5.02. The van der Waals surface area contributed by atoms with Gasteiger partial charge in [-0.05, 0) is 55.8 Å². The van der Waals surface area contributed by atoms with E-state index in [0.29, 0.717) is 34.3 Å². The molecule has 0 bridgehead atoms. The molecule has 0 atom stereocenters. The number of rotatable bonds is 6. The molecule has 31 heavy (non-hydrogen) atoms. The molecule has 0 radical (unpaired) electrons. The summed E-state index contributed by atoms with van der Waals surface area (Å²) < 4.78 is 14.4. The van der Waals surface area contributed by atoms with Gasteiger partial charge in [-0.1, -0.05) is 12.1 Å². The van der Waals surface area contributed by atoms with Crippen molar-refractivity contribution in [3.05, 3.63) is 83.8 Å². The van der Waals surface area contributed by atoms with E-state index in [1.165, 1.54) is 0 Å². The molecule has 7 nitrogen and oxygen atoms in total. The maximum atomic E-state index is 13.4. The minimum Gasteiger partial charge on any atom is -0.497 e. The van der Waals surface area contributed by atoms with Crippen LogP contribution in [0.2, 0.25) is 0 Å². The van der Waals surface area contributed by atoms with Crippen LogP contribution < -0.4 is 14.8 Å². The van der Waals surface area contributed by atoms with E-state index in [-0.39, 0.29) is 5.91 Å². The first-order valence-electron chi connectivity index (χ1n) is 9.85. The summed E-state index contributed by atoms with van der Waals surface area (Å²) in [5, 5.41) is 7.66. The predicted molar refractivity (Wildman–Crippen MR) is 120 cm³/mol. The molecule has 1 amide bonds. The number of amides is 1. The van der Waals surface area contributed by atoms with Gasteiger partial charge in [0.25, 0.3) is 5.91 Å². The number of nitrogens with one attached hydrogen (secondary N) is 1. The molecule has 4 rings (SSSR count). The van der Waals surface area contributed by atoms with Crippen molar-refractivity contribution in [3.8, 4) is 23.0 Å². The van der Waals surface area contributed by atoms with E-state index in [4.69, 9.17) is 14.6 Å². The largest absolute Gasteiger partial charge is 0.497 e. The Labute approximate surface area is 180 Å². The number of aromatic nitrogens is 3. The Balaban J connectivity index is 1.81. The fourth-order valence-electron chi connectivity index (χ4n) is 3.52. The van der Waals surface area contributed by atoms with Crippen LogP contribution in [0.4, 0.5) is 5.69 Å². The summed E-state index contributed by atoms with van der Waals surface area (Å²) in [6, 6.07) is 17.1. The number of ether oxygens (including phenoxy) is 2. The van der Waals surface area contributed by atoms with Crippen LogP contribution in [0.5, 0.6) is 11.5 Å². The van der Waals surface area contributed by atoms with Crippen LogP contribution in [0.3, 0.4) is 0 Å². The zero-order chi connectivity index (χ0) is 22.0. The van der Waals surface area contributed by atoms with E-state index in [1.54, 1.807) is 37.1 Å². The average Bonchev–Trinajstić information content (AvgIpc) is 3.41. The van der Waals surface area contributed by atoms with Crippen LogP contribution >= 0.6 is 0 Å². The normalized spacial score (nSPS) is 10.7. The molecule has 0 unspecified atom stereocenters. The number of nitrogens with zero attached hydrogens (tertiary/aromatic N) is 3. The summed E-state index contributed by atoms with van der Waals surface area (Å²) in [7, 11) is 3.14. The molecule has 0 aliphatic carbocycles. The molecule has 2 heterocycles. The van der Waals surface area contributed by atoms with Gasteiger partial charge in [-0.15, -0.1) is 0 Å². The average molecular weight is 416 g/mol. The smallest absolute Gasteiger partial charge is 0.261 e. The molecule has 2 aromatic carbocycles. The summed E-state index contributed by atoms with van der Waals surface area (Å²) in [6.45, 7) is 3.86. The Morgan fingerprint density at radius 1 is 0.968 bits per heavy atom. The molecule has 4 aromatic rings. The molecule has 2 aromatic heterocycles. The third kappa shape index (κ3) is 3.90. The van der Waals surface area contributed by atoms with Crippen LogP contribution in [0.25, 0.3) is 11.5 Å². The fraction of sp³-hybridized carbons (Fsp3) is 0.167. The van der Waals surface area contributed by atoms with Crippen molar-refractivity contribution in [1.29, 1.82) is 0 Å². The lowest BCUT2D eigenvalue weighted by Crippen LogP contribution is -2.16. The van der Waals surface area contributed by atoms with Crippen molar-refractivity contribution < 1.29 is 14.3 Å². The zero-order valence-corrected chi connectivity index (χ0v) is 17.9. The Kier molecular flexibility index (Phi) is 5.49. The van der Waals surface area contributed by atoms with Crippen LogP contribution in [0.1, 0.15) is 21.6 Å². The summed E-state index contributed by atoms with van der Waals surface area (Å²) in [5.41, 5.74) is 3.64. The summed E-state index contributed by atoms with van der Waals surface area (Å²) in [6.07, 6.45) is 3.79. The first-order valence-corrected chi connectivity index (χ1v) is 9.85. The van der Waals surface area contributed by atoms with Crippen LogP contribution in [0, 0.1) is 13.8 Å². The van der Waals surface area contributed by atoms with Crippen molar-refractivity contribution in [1.82, 2.24) is 14.3 Å². The minimum atomic E-state index is -0.274. The monoisotopic (exact) mass is 416 g/mol. The quantitative estimate of drug-likeness (QED) is 0.501. The number of hydrogen-bond acceptors (Lipinski definition) is 4. The van der Waals surface area contributed by atoms with Gasteiger partial charge in [0.2, 0.25) is 0 Å². The topological polar surface area (TPSA) is 70.3 Å². The van der Waals surface area contributed by atoms with Gasteiger partial charge in [0.05, 0.1) is 31.3 Å². The second-order valence-electron chi connectivity index (χ2n) is 7.15. The maximum absolute atomic E-state index is 13.4. The van der Waals surface area contributed by atoms with Crippen molar-refractivity contribution in [3.63, 3.8) is 0 Å². The van der Waals surface area contributed by atoms with Crippen LogP contribution in [-0.2, 0) is 0 Å². The van der Waals surface area contributed by atoms with Gasteiger partial charge in [-0.25, -0.2) is 4.68 Å². The van der Waals surface area contributed by atoms with Gasteiger partial charge >= 0.3 is 0 Å². The number of anilines is 1. The second-order valence-corrected chi connectivity index (χ2v) is 7.15. The van der Waals surface area contributed by atoms with E-state index in [9.17, 15) is 4.79 Å². The molecule has 7 heteroatoms. The van der Waals surface area contributed by atoms with E-state index in [2.05, 4.69) is 5.32 Å². The van der Waals surface area contributed by atoms with Crippen LogP contribution in [-0.4, -0.2) is 34.5 Å². The lowest BCUT2D eigenvalue weighted by Gasteiger charge is -2.14. The SMILES string of the molecule is COc1ccc(NC(=O)c2c(C)nn(-c3cccc(C)c3)c2-n2cccc2)c(OC)c1. The Morgan fingerprint density at radius 2 is 1.74 bits per heavy atom. The van der Waals surface area contributed by atoms with Crippen molar-refractivity contribution in [2.75, 3.05) is 19.5 Å².